The van der Waals surface area contributed by atoms with Gasteiger partial charge >= 0.3 is 0 Å². The second kappa shape index (κ2) is 5.65. The van der Waals surface area contributed by atoms with Crippen molar-refractivity contribution < 1.29 is 4.79 Å². The second-order valence-corrected chi connectivity index (χ2v) is 5.18. The Morgan fingerprint density at radius 3 is 3.00 bits per heavy atom. The van der Waals surface area contributed by atoms with Crippen LogP contribution >= 0.6 is 0 Å². The summed E-state index contributed by atoms with van der Waals surface area (Å²) in [5.74, 6) is 0.267. The van der Waals surface area contributed by atoms with E-state index in [0.29, 0.717) is 0 Å². The third-order valence-electron chi connectivity index (χ3n) is 4.02. The molecule has 0 bridgehead atoms. The van der Waals surface area contributed by atoms with Crippen molar-refractivity contribution in [2.45, 2.75) is 46.1 Å². The molecule has 1 fully saturated rings. The van der Waals surface area contributed by atoms with E-state index in [1.165, 1.54) is 0 Å². The molecule has 0 aromatic carbocycles. The predicted octanol–water partition coefficient (Wildman–Crippen LogP) is 2.26. The molecule has 1 N–H and O–H groups in total. The summed E-state index contributed by atoms with van der Waals surface area (Å²) in [5.41, 5.74) is 0.562. The summed E-state index contributed by atoms with van der Waals surface area (Å²) in [6.07, 6.45) is 5.71. The molecule has 0 spiro atoms. The number of piperidine rings is 1. The largest absolute Gasteiger partial charge is 0.316 e. The molecule has 0 aliphatic carbocycles. The maximum Gasteiger partial charge on any atom is 0.188 e. The fraction of sp³-hybridized carbons (Fsp3) is 0.714. The molecule has 100 valence electrons. The van der Waals surface area contributed by atoms with E-state index in [4.69, 9.17) is 0 Å². The molecule has 1 aliphatic heterocycles. The lowest BCUT2D eigenvalue weighted by atomic mass is 9.74. The summed E-state index contributed by atoms with van der Waals surface area (Å²) in [4.78, 5) is 12.8. The van der Waals surface area contributed by atoms with E-state index < -0.39 is 0 Å². The molecule has 0 saturated carbocycles. The number of aryl methyl sites for hydroxylation is 1. The van der Waals surface area contributed by atoms with Gasteiger partial charge in [0, 0.05) is 24.7 Å². The summed E-state index contributed by atoms with van der Waals surface area (Å²) < 4.78 is 1.86. The minimum Gasteiger partial charge on any atom is -0.316 e. The van der Waals surface area contributed by atoms with Crippen molar-refractivity contribution in [3.05, 3.63) is 18.0 Å². The molecular weight excluding hydrogens is 226 g/mol. The highest BCUT2D eigenvalue weighted by Crippen LogP contribution is 2.33. The summed E-state index contributed by atoms with van der Waals surface area (Å²) in [5, 5.41) is 7.63. The fourth-order valence-electron chi connectivity index (χ4n) is 2.81. The summed E-state index contributed by atoms with van der Waals surface area (Å²) in [6.45, 7) is 6.88. The maximum atomic E-state index is 12.8. The fourth-order valence-corrected chi connectivity index (χ4v) is 2.81. The van der Waals surface area contributed by atoms with Crippen LogP contribution in [0.1, 0.15) is 50.0 Å². The van der Waals surface area contributed by atoms with Crippen LogP contribution in [-0.4, -0.2) is 28.7 Å². The quantitative estimate of drug-likeness (QED) is 0.814. The van der Waals surface area contributed by atoms with Gasteiger partial charge in [-0.25, -0.2) is 0 Å². The van der Waals surface area contributed by atoms with E-state index >= 15 is 0 Å². The second-order valence-electron chi connectivity index (χ2n) is 5.18. The number of nitrogens with one attached hydrogen (secondary N) is 1. The third-order valence-corrected chi connectivity index (χ3v) is 4.02. The zero-order chi connectivity index (χ0) is 13.0. The highest BCUT2D eigenvalue weighted by molar-refractivity contribution is 5.99. The molecule has 1 aromatic rings. The highest BCUT2D eigenvalue weighted by Gasteiger charge is 2.39. The van der Waals surface area contributed by atoms with Crippen LogP contribution in [0.2, 0.25) is 0 Å². The molecule has 18 heavy (non-hydrogen) atoms. The van der Waals surface area contributed by atoms with Gasteiger partial charge in [-0.15, -0.1) is 0 Å². The molecule has 2 rings (SSSR count). The lowest BCUT2D eigenvalue weighted by Gasteiger charge is -2.35. The van der Waals surface area contributed by atoms with Gasteiger partial charge in [0.2, 0.25) is 0 Å². The number of carbonyl (C=O) groups is 1. The van der Waals surface area contributed by atoms with Crippen LogP contribution in [0, 0.1) is 5.41 Å². The first-order valence-corrected chi connectivity index (χ1v) is 7.01. The Labute approximate surface area is 109 Å². The van der Waals surface area contributed by atoms with Crippen LogP contribution in [-0.2, 0) is 6.54 Å². The van der Waals surface area contributed by atoms with E-state index in [9.17, 15) is 4.79 Å². The molecule has 0 radical (unpaired) electrons. The molecular formula is C14H23N3O. The SMILES string of the molecule is CCCn1nccc1C(=O)C1(CC)CCCNC1. The van der Waals surface area contributed by atoms with Gasteiger partial charge < -0.3 is 5.32 Å². The van der Waals surface area contributed by atoms with E-state index in [-0.39, 0.29) is 11.2 Å². The van der Waals surface area contributed by atoms with Crippen molar-refractivity contribution in [3.8, 4) is 0 Å². The molecule has 4 nitrogen and oxygen atoms in total. The van der Waals surface area contributed by atoms with Gasteiger partial charge in [-0.3, -0.25) is 9.48 Å². The van der Waals surface area contributed by atoms with Gasteiger partial charge in [-0.2, -0.15) is 5.10 Å². The van der Waals surface area contributed by atoms with Crippen LogP contribution in [0.3, 0.4) is 0 Å². The normalized spacial score (nSPS) is 24.1. The first kappa shape index (κ1) is 13.3. The van der Waals surface area contributed by atoms with Gasteiger partial charge in [-0.05, 0) is 38.3 Å². The predicted molar refractivity (Wildman–Crippen MR) is 71.7 cm³/mol. The third kappa shape index (κ3) is 2.34. The molecule has 4 heteroatoms. The van der Waals surface area contributed by atoms with E-state index in [0.717, 1.165) is 51.0 Å². The zero-order valence-corrected chi connectivity index (χ0v) is 11.4. The topological polar surface area (TPSA) is 46.9 Å². The van der Waals surface area contributed by atoms with Crippen molar-refractivity contribution in [2.75, 3.05) is 13.1 Å². The van der Waals surface area contributed by atoms with E-state index in [1.54, 1.807) is 6.20 Å². The maximum absolute atomic E-state index is 12.8. The molecule has 1 atom stereocenters. The van der Waals surface area contributed by atoms with Crippen molar-refractivity contribution in [1.82, 2.24) is 15.1 Å². The number of rotatable bonds is 5. The van der Waals surface area contributed by atoms with Crippen LogP contribution in [0.25, 0.3) is 0 Å². The number of ketones is 1. The van der Waals surface area contributed by atoms with E-state index in [1.807, 2.05) is 10.7 Å². The Morgan fingerprint density at radius 1 is 1.56 bits per heavy atom. The number of hydrogen-bond donors (Lipinski definition) is 1. The smallest absolute Gasteiger partial charge is 0.188 e. The molecule has 1 unspecified atom stereocenters. The summed E-state index contributed by atoms with van der Waals surface area (Å²) in [6, 6.07) is 1.87. The Balaban J connectivity index is 2.25. The number of Topliss-reactive ketones (excluding diaryl/α,β-unsaturated/α-hetero) is 1. The minimum absolute atomic E-state index is 0.218. The molecule has 0 amide bonds. The summed E-state index contributed by atoms with van der Waals surface area (Å²) >= 11 is 0. The standard InChI is InChI=1S/C14H23N3O/c1-3-10-17-12(6-9-16-17)13(18)14(4-2)7-5-8-15-11-14/h6,9,15H,3-5,7-8,10-11H2,1-2H3. The van der Waals surface area contributed by atoms with Crippen molar-refractivity contribution in [2.24, 2.45) is 5.41 Å². The van der Waals surface area contributed by atoms with Crippen LogP contribution < -0.4 is 5.32 Å². The first-order valence-electron chi connectivity index (χ1n) is 7.01. The Hall–Kier alpha value is -1.16. The minimum atomic E-state index is -0.218. The Morgan fingerprint density at radius 2 is 2.39 bits per heavy atom. The van der Waals surface area contributed by atoms with E-state index in [2.05, 4.69) is 24.3 Å². The number of nitrogens with zero attached hydrogens (tertiary/aromatic N) is 2. The molecule has 1 saturated heterocycles. The van der Waals surface area contributed by atoms with Gasteiger partial charge in [0.15, 0.2) is 5.78 Å². The monoisotopic (exact) mass is 249 g/mol. The average molecular weight is 249 g/mol. The average Bonchev–Trinajstić information content (AvgIpc) is 2.87. The van der Waals surface area contributed by atoms with Crippen molar-refractivity contribution in [3.63, 3.8) is 0 Å². The number of carbonyl (C=O) groups excluding carboxylic acids is 1. The molecule has 1 aromatic heterocycles. The van der Waals surface area contributed by atoms with Crippen molar-refractivity contribution >= 4 is 5.78 Å². The Kier molecular flexibility index (Phi) is 4.17. The lowest BCUT2D eigenvalue weighted by molar-refractivity contribution is 0.0718. The lowest BCUT2D eigenvalue weighted by Crippen LogP contribution is -2.45. The van der Waals surface area contributed by atoms with Gasteiger partial charge in [0.25, 0.3) is 0 Å². The summed E-state index contributed by atoms with van der Waals surface area (Å²) in [7, 11) is 0. The van der Waals surface area contributed by atoms with Crippen molar-refractivity contribution in [1.29, 1.82) is 0 Å². The number of aromatic nitrogens is 2. The van der Waals surface area contributed by atoms with Gasteiger partial charge in [0.1, 0.15) is 5.69 Å². The number of hydrogen-bond acceptors (Lipinski definition) is 3. The molecule has 2 heterocycles. The van der Waals surface area contributed by atoms with Crippen LogP contribution in [0.5, 0.6) is 0 Å². The van der Waals surface area contributed by atoms with Crippen LogP contribution in [0.15, 0.2) is 12.3 Å². The zero-order valence-electron chi connectivity index (χ0n) is 11.4. The Bertz CT molecular complexity index is 405. The van der Waals surface area contributed by atoms with Gasteiger partial charge in [-0.1, -0.05) is 13.8 Å². The first-order chi connectivity index (χ1) is 8.73. The highest BCUT2D eigenvalue weighted by atomic mass is 16.1. The van der Waals surface area contributed by atoms with Gasteiger partial charge in [0.05, 0.1) is 0 Å². The van der Waals surface area contributed by atoms with Crippen LogP contribution in [0.4, 0.5) is 0 Å². The molecule has 1 aliphatic rings.